The Hall–Kier alpha value is -2.36. The molecule has 0 bridgehead atoms. The summed E-state index contributed by atoms with van der Waals surface area (Å²) in [6, 6.07) is 6.69. The Kier molecular flexibility index (Phi) is 2.78. The third-order valence-corrected chi connectivity index (χ3v) is 2.44. The maximum atomic E-state index is 11.7. The predicted octanol–water partition coefficient (Wildman–Crippen LogP) is 1.67. The molecule has 0 spiro atoms. The second kappa shape index (κ2) is 4.25. The van der Waals surface area contributed by atoms with Gasteiger partial charge in [-0.15, -0.1) is 0 Å². The predicted molar refractivity (Wildman–Crippen MR) is 61.7 cm³/mol. The van der Waals surface area contributed by atoms with Crippen LogP contribution in [0.2, 0.25) is 0 Å². The van der Waals surface area contributed by atoms with Crippen LogP contribution in [-0.2, 0) is 9.59 Å². The summed E-state index contributed by atoms with van der Waals surface area (Å²) in [5.41, 5.74) is 0.765. The molecular weight excluding hydrogens is 220 g/mol. The van der Waals surface area contributed by atoms with E-state index in [2.05, 4.69) is 0 Å². The number of hydrogen-bond donors (Lipinski definition) is 1. The lowest BCUT2D eigenvalue weighted by molar-refractivity contribution is -0.115. The molecule has 1 aromatic carbocycles. The molecule has 4 nitrogen and oxygen atoms in total. The Morgan fingerprint density at radius 1 is 1.06 bits per heavy atom. The van der Waals surface area contributed by atoms with Gasteiger partial charge in [-0.05, 0) is 23.8 Å². The summed E-state index contributed by atoms with van der Waals surface area (Å²) < 4.78 is 4.99. The number of rotatable bonds is 2. The van der Waals surface area contributed by atoms with E-state index < -0.39 is 17.3 Å². The Morgan fingerprint density at radius 2 is 1.71 bits per heavy atom. The molecule has 86 valence electrons. The number of carbonyl (C=O) groups is 2. The minimum atomic E-state index is -0.547. The molecule has 0 aromatic heterocycles. The highest BCUT2D eigenvalue weighted by Crippen LogP contribution is 2.23. The molecule has 0 aliphatic heterocycles. The van der Waals surface area contributed by atoms with Crippen molar-refractivity contribution in [1.82, 2.24) is 0 Å². The SMILES string of the molecule is COc1ccc(C2=CC(=O)C=C(O)C2=O)cc1. The number of ketones is 2. The van der Waals surface area contributed by atoms with Gasteiger partial charge < -0.3 is 9.84 Å². The fourth-order valence-electron chi connectivity index (χ4n) is 1.57. The van der Waals surface area contributed by atoms with E-state index in [4.69, 9.17) is 4.74 Å². The number of Topliss-reactive ketones (excluding diaryl/α,β-unsaturated/α-hetero) is 1. The van der Waals surface area contributed by atoms with Crippen LogP contribution in [0.4, 0.5) is 0 Å². The van der Waals surface area contributed by atoms with Crippen LogP contribution >= 0.6 is 0 Å². The molecule has 0 unspecified atom stereocenters. The zero-order valence-electron chi connectivity index (χ0n) is 9.14. The number of methoxy groups -OCH3 is 1. The quantitative estimate of drug-likeness (QED) is 0.785. The number of hydrogen-bond acceptors (Lipinski definition) is 4. The summed E-state index contributed by atoms with van der Waals surface area (Å²) in [6.07, 6.45) is 2.12. The molecule has 1 aromatic rings. The molecule has 0 saturated heterocycles. The monoisotopic (exact) mass is 230 g/mol. The second-order valence-corrected chi connectivity index (χ2v) is 3.55. The zero-order chi connectivity index (χ0) is 12.4. The van der Waals surface area contributed by atoms with E-state index in [1.54, 1.807) is 24.3 Å². The third-order valence-electron chi connectivity index (χ3n) is 2.44. The van der Waals surface area contributed by atoms with E-state index >= 15 is 0 Å². The smallest absolute Gasteiger partial charge is 0.228 e. The Morgan fingerprint density at radius 3 is 2.29 bits per heavy atom. The van der Waals surface area contributed by atoms with Crippen molar-refractivity contribution in [2.75, 3.05) is 7.11 Å². The summed E-state index contributed by atoms with van der Waals surface area (Å²) >= 11 is 0. The molecule has 17 heavy (non-hydrogen) atoms. The van der Waals surface area contributed by atoms with Gasteiger partial charge in [0.05, 0.1) is 7.11 Å². The van der Waals surface area contributed by atoms with Crippen molar-refractivity contribution in [3.05, 3.63) is 47.7 Å². The standard InChI is InChI=1S/C13H10O4/c1-17-10-4-2-8(3-5-10)11-6-9(14)7-12(15)13(11)16/h2-7,15H,1H3. The first kappa shape index (κ1) is 11.1. The van der Waals surface area contributed by atoms with Crippen LogP contribution in [0.3, 0.4) is 0 Å². The van der Waals surface area contributed by atoms with Gasteiger partial charge in [0.2, 0.25) is 5.78 Å². The van der Waals surface area contributed by atoms with Gasteiger partial charge in [-0.25, -0.2) is 0 Å². The van der Waals surface area contributed by atoms with Crippen LogP contribution in [0, 0.1) is 0 Å². The molecule has 2 rings (SSSR count). The molecule has 4 heteroatoms. The van der Waals surface area contributed by atoms with Crippen LogP contribution in [0.15, 0.2) is 42.2 Å². The van der Waals surface area contributed by atoms with Gasteiger partial charge in [-0.1, -0.05) is 12.1 Å². The number of carbonyl (C=O) groups excluding carboxylic acids is 2. The summed E-state index contributed by atoms with van der Waals surface area (Å²) in [4.78, 5) is 22.9. The van der Waals surface area contributed by atoms with E-state index in [1.165, 1.54) is 13.2 Å². The van der Waals surface area contributed by atoms with E-state index in [1.807, 2.05) is 0 Å². The first-order valence-electron chi connectivity index (χ1n) is 4.97. The van der Waals surface area contributed by atoms with Crippen molar-refractivity contribution in [3.8, 4) is 5.75 Å². The van der Waals surface area contributed by atoms with Crippen molar-refractivity contribution in [1.29, 1.82) is 0 Å². The van der Waals surface area contributed by atoms with Crippen molar-refractivity contribution in [2.24, 2.45) is 0 Å². The lowest BCUT2D eigenvalue weighted by atomic mass is 9.95. The summed E-state index contributed by atoms with van der Waals surface area (Å²) in [7, 11) is 1.54. The first-order valence-corrected chi connectivity index (χ1v) is 4.97. The van der Waals surface area contributed by atoms with E-state index in [-0.39, 0.29) is 5.57 Å². The maximum absolute atomic E-state index is 11.7. The van der Waals surface area contributed by atoms with Gasteiger partial charge in [0.15, 0.2) is 11.5 Å². The lowest BCUT2D eigenvalue weighted by Gasteiger charge is -2.10. The number of aliphatic hydroxyl groups excluding tert-OH is 1. The molecule has 0 radical (unpaired) electrons. The van der Waals surface area contributed by atoms with Crippen molar-refractivity contribution >= 4 is 17.1 Å². The number of aliphatic hydroxyl groups is 1. The Balaban J connectivity index is 2.39. The minimum absolute atomic E-state index is 0.192. The van der Waals surface area contributed by atoms with Gasteiger partial charge in [0.1, 0.15) is 5.75 Å². The van der Waals surface area contributed by atoms with Crippen LogP contribution in [-0.4, -0.2) is 23.8 Å². The second-order valence-electron chi connectivity index (χ2n) is 3.55. The Labute approximate surface area is 97.8 Å². The van der Waals surface area contributed by atoms with Crippen molar-refractivity contribution in [3.63, 3.8) is 0 Å². The van der Waals surface area contributed by atoms with Crippen molar-refractivity contribution < 1.29 is 19.4 Å². The molecule has 0 atom stereocenters. The van der Waals surface area contributed by atoms with Gasteiger partial charge in [0, 0.05) is 11.6 Å². The summed E-state index contributed by atoms with van der Waals surface area (Å²) in [5.74, 6) is -0.810. The molecule has 0 heterocycles. The summed E-state index contributed by atoms with van der Waals surface area (Å²) in [6.45, 7) is 0. The van der Waals surface area contributed by atoms with E-state index in [0.29, 0.717) is 11.3 Å². The highest BCUT2D eigenvalue weighted by Gasteiger charge is 2.22. The topological polar surface area (TPSA) is 63.6 Å². The molecule has 0 fully saturated rings. The first-order chi connectivity index (χ1) is 8.11. The number of allylic oxidation sites excluding steroid dienone is 3. The molecule has 1 aliphatic rings. The zero-order valence-corrected chi connectivity index (χ0v) is 9.14. The molecule has 0 amide bonds. The molecule has 0 saturated carbocycles. The highest BCUT2D eigenvalue weighted by atomic mass is 16.5. The van der Waals surface area contributed by atoms with Gasteiger partial charge in [-0.3, -0.25) is 9.59 Å². The highest BCUT2D eigenvalue weighted by molar-refractivity contribution is 6.35. The molecule has 1 aliphatic carbocycles. The molecule has 1 N–H and O–H groups in total. The average molecular weight is 230 g/mol. The summed E-state index contributed by atoms with van der Waals surface area (Å²) in [5, 5.41) is 9.31. The van der Waals surface area contributed by atoms with Crippen LogP contribution in [0.1, 0.15) is 5.56 Å². The van der Waals surface area contributed by atoms with E-state index in [9.17, 15) is 14.7 Å². The number of ether oxygens (including phenoxy) is 1. The van der Waals surface area contributed by atoms with Crippen LogP contribution < -0.4 is 4.74 Å². The minimum Gasteiger partial charge on any atom is -0.504 e. The molecular formula is C13H10O4. The number of benzene rings is 1. The van der Waals surface area contributed by atoms with E-state index in [0.717, 1.165) is 6.08 Å². The maximum Gasteiger partial charge on any atom is 0.228 e. The fraction of sp³-hybridized carbons (Fsp3) is 0.0769. The van der Waals surface area contributed by atoms with Crippen molar-refractivity contribution in [2.45, 2.75) is 0 Å². The third kappa shape index (κ3) is 2.10. The van der Waals surface area contributed by atoms with Gasteiger partial charge in [-0.2, -0.15) is 0 Å². The van der Waals surface area contributed by atoms with Crippen LogP contribution in [0.25, 0.3) is 5.57 Å². The normalized spacial score (nSPS) is 15.4. The fourth-order valence-corrected chi connectivity index (χ4v) is 1.57. The van der Waals surface area contributed by atoms with Gasteiger partial charge >= 0.3 is 0 Å². The average Bonchev–Trinajstić information content (AvgIpc) is 2.34. The largest absolute Gasteiger partial charge is 0.504 e. The van der Waals surface area contributed by atoms with Gasteiger partial charge in [0.25, 0.3) is 0 Å². The van der Waals surface area contributed by atoms with Crippen LogP contribution in [0.5, 0.6) is 5.75 Å². The lowest BCUT2D eigenvalue weighted by Crippen LogP contribution is -2.13. The Bertz CT molecular complexity index is 535.